The average Bonchev–Trinajstić information content (AvgIpc) is 2.87. The molecule has 1 aromatic carbocycles. The summed E-state index contributed by atoms with van der Waals surface area (Å²) in [6, 6.07) is 2.87. The average molecular weight is 348 g/mol. The predicted octanol–water partition coefficient (Wildman–Crippen LogP) is 3.47. The highest BCUT2D eigenvalue weighted by molar-refractivity contribution is 9.10. The van der Waals surface area contributed by atoms with Gasteiger partial charge in [0.1, 0.15) is 5.82 Å². The van der Waals surface area contributed by atoms with Gasteiger partial charge in [0.2, 0.25) is 0 Å². The lowest BCUT2D eigenvalue weighted by atomic mass is 10.00. The smallest absolute Gasteiger partial charge is 0.318 e. The number of alkyl halides is 2. The summed E-state index contributed by atoms with van der Waals surface area (Å²) < 4.78 is 43.9. The molecule has 1 aliphatic rings. The van der Waals surface area contributed by atoms with Gasteiger partial charge < -0.3 is 9.32 Å². The Hall–Kier alpha value is -1.57. The van der Waals surface area contributed by atoms with Gasteiger partial charge in [-0.25, -0.2) is 4.39 Å². The Bertz CT molecular complexity index is 647. The molecule has 3 rings (SSSR count). The van der Waals surface area contributed by atoms with Crippen molar-refractivity contribution >= 4 is 21.9 Å². The second kappa shape index (κ2) is 5.08. The van der Waals surface area contributed by atoms with Gasteiger partial charge >= 0.3 is 12.4 Å². The third kappa shape index (κ3) is 2.39. The molecule has 0 radical (unpaired) electrons. The van der Waals surface area contributed by atoms with Crippen LogP contribution in [0.5, 0.6) is 0 Å². The van der Waals surface area contributed by atoms with Crippen LogP contribution >= 0.6 is 15.9 Å². The summed E-state index contributed by atoms with van der Waals surface area (Å²) in [6.07, 6.45) is -2.15. The predicted molar refractivity (Wildman–Crippen MR) is 68.1 cm³/mol. The van der Waals surface area contributed by atoms with Crippen LogP contribution in [0.4, 0.5) is 19.2 Å². The fourth-order valence-corrected chi connectivity index (χ4v) is 2.89. The van der Waals surface area contributed by atoms with Crippen molar-refractivity contribution in [3.63, 3.8) is 0 Å². The molecule has 8 heteroatoms. The van der Waals surface area contributed by atoms with E-state index in [1.165, 1.54) is 12.1 Å². The Labute approximate surface area is 120 Å². The van der Waals surface area contributed by atoms with E-state index in [9.17, 15) is 13.2 Å². The number of hydrogen-bond donors (Lipinski definition) is 0. The van der Waals surface area contributed by atoms with Crippen LogP contribution in [0.2, 0.25) is 0 Å². The van der Waals surface area contributed by atoms with Gasteiger partial charge in [0.15, 0.2) is 0 Å². The fraction of sp³-hybridized carbons (Fsp3) is 0.333. The van der Waals surface area contributed by atoms with Gasteiger partial charge in [-0.05, 0) is 29.7 Å². The number of rotatable bonds is 2. The molecule has 0 unspecified atom stereocenters. The van der Waals surface area contributed by atoms with Gasteiger partial charge in [0.05, 0.1) is 0 Å². The van der Waals surface area contributed by atoms with Gasteiger partial charge in [-0.1, -0.05) is 21.0 Å². The van der Waals surface area contributed by atoms with Crippen LogP contribution in [-0.2, 0) is 13.0 Å². The fourth-order valence-electron chi connectivity index (χ4n) is 2.21. The lowest BCUT2D eigenvalue weighted by Gasteiger charge is -2.27. The summed E-state index contributed by atoms with van der Waals surface area (Å²) in [4.78, 5) is 1.66. The zero-order chi connectivity index (χ0) is 14.3. The SMILES string of the molecule is Fc1cc(Br)c2c(c1)CN(c1nnc(C(F)F)o1)CC2. The van der Waals surface area contributed by atoms with Crippen LogP contribution in [-0.4, -0.2) is 16.7 Å². The molecular formula is C12H9BrF3N3O. The van der Waals surface area contributed by atoms with E-state index in [-0.39, 0.29) is 11.8 Å². The molecule has 0 aliphatic carbocycles. The van der Waals surface area contributed by atoms with Crippen molar-refractivity contribution in [2.75, 3.05) is 11.4 Å². The molecule has 0 saturated heterocycles. The first-order chi connectivity index (χ1) is 9.54. The molecule has 0 saturated carbocycles. The van der Waals surface area contributed by atoms with E-state index in [1.807, 2.05) is 0 Å². The Morgan fingerprint density at radius 1 is 1.30 bits per heavy atom. The normalized spacial score (nSPS) is 14.8. The van der Waals surface area contributed by atoms with E-state index in [4.69, 9.17) is 4.42 Å². The number of fused-ring (bicyclic) bond motifs is 1. The van der Waals surface area contributed by atoms with Crippen LogP contribution < -0.4 is 4.90 Å². The third-order valence-electron chi connectivity index (χ3n) is 3.13. The molecule has 0 spiro atoms. The summed E-state index contributed by atoms with van der Waals surface area (Å²) in [5.41, 5.74) is 1.79. The van der Waals surface area contributed by atoms with Gasteiger partial charge in [0.25, 0.3) is 5.89 Å². The molecule has 4 nitrogen and oxygen atoms in total. The molecule has 0 fully saturated rings. The Kier molecular flexibility index (Phi) is 3.41. The minimum absolute atomic E-state index is 0.0336. The van der Waals surface area contributed by atoms with E-state index in [0.29, 0.717) is 24.0 Å². The quantitative estimate of drug-likeness (QED) is 0.834. The molecule has 2 aromatic rings. The lowest BCUT2D eigenvalue weighted by molar-refractivity contribution is 0.115. The zero-order valence-corrected chi connectivity index (χ0v) is 11.7. The highest BCUT2D eigenvalue weighted by atomic mass is 79.9. The monoisotopic (exact) mass is 347 g/mol. The maximum Gasteiger partial charge on any atom is 0.318 e. The Morgan fingerprint density at radius 2 is 2.10 bits per heavy atom. The summed E-state index contributed by atoms with van der Waals surface area (Å²) in [5, 5.41) is 6.89. The van der Waals surface area contributed by atoms with E-state index < -0.39 is 12.3 Å². The molecule has 106 valence electrons. The van der Waals surface area contributed by atoms with Crippen molar-refractivity contribution in [3.8, 4) is 0 Å². The molecule has 0 amide bonds. The number of benzene rings is 1. The van der Waals surface area contributed by atoms with Crippen molar-refractivity contribution in [2.45, 2.75) is 19.4 Å². The molecule has 0 atom stereocenters. The van der Waals surface area contributed by atoms with Crippen LogP contribution in [0.25, 0.3) is 0 Å². The summed E-state index contributed by atoms with van der Waals surface area (Å²) in [5.74, 6) is -1.05. The molecule has 1 aromatic heterocycles. The number of nitrogens with zero attached hydrogens (tertiary/aromatic N) is 3. The minimum atomic E-state index is -2.79. The largest absolute Gasteiger partial charge is 0.402 e. The van der Waals surface area contributed by atoms with Crippen molar-refractivity contribution in [1.29, 1.82) is 0 Å². The van der Waals surface area contributed by atoms with Gasteiger partial charge in [-0.2, -0.15) is 8.78 Å². The molecule has 0 bridgehead atoms. The minimum Gasteiger partial charge on any atom is -0.402 e. The van der Waals surface area contributed by atoms with Crippen LogP contribution in [0.1, 0.15) is 23.4 Å². The number of hydrogen-bond acceptors (Lipinski definition) is 4. The molecular weight excluding hydrogens is 339 g/mol. The highest BCUT2D eigenvalue weighted by Crippen LogP contribution is 2.30. The van der Waals surface area contributed by atoms with Crippen LogP contribution in [0.3, 0.4) is 0 Å². The summed E-state index contributed by atoms with van der Waals surface area (Å²) in [6.45, 7) is 0.888. The maximum atomic E-state index is 13.4. The van der Waals surface area contributed by atoms with Crippen LogP contribution in [0.15, 0.2) is 21.0 Å². The van der Waals surface area contributed by atoms with Crippen molar-refractivity contribution < 1.29 is 17.6 Å². The first kappa shape index (κ1) is 13.4. The van der Waals surface area contributed by atoms with E-state index >= 15 is 0 Å². The van der Waals surface area contributed by atoms with Gasteiger partial charge in [0, 0.05) is 17.6 Å². The van der Waals surface area contributed by atoms with E-state index in [0.717, 1.165) is 11.1 Å². The van der Waals surface area contributed by atoms with Crippen LogP contribution in [0, 0.1) is 5.82 Å². The molecule has 20 heavy (non-hydrogen) atoms. The molecule has 0 N–H and O–H groups in total. The van der Waals surface area contributed by atoms with Crippen molar-refractivity contribution in [3.05, 3.63) is 39.4 Å². The number of aromatic nitrogens is 2. The highest BCUT2D eigenvalue weighted by Gasteiger charge is 2.24. The second-order valence-corrected chi connectivity index (χ2v) is 5.27. The van der Waals surface area contributed by atoms with Crippen molar-refractivity contribution in [2.24, 2.45) is 0 Å². The lowest BCUT2D eigenvalue weighted by Crippen LogP contribution is -2.31. The number of anilines is 1. The third-order valence-corrected chi connectivity index (χ3v) is 3.84. The van der Waals surface area contributed by atoms with Gasteiger partial charge in [-0.3, -0.25) is 0 Å². The second-order valence-electron chi connectivity index (χ2n) is 4.42. The molecule has 1 aliphatic heterocycles. The Balaban J connectivity index is 1.87. The first-order valence-corrected chi connectivity index (χ1v) is 6.67. The summed E-state index contributed by atoms with van der Waals surface area (Å²) in [7, 11) is 0. The van der Waals surface area contributed by atoms with E-state index in [1.54, 1.807) is 4.90 Å². The number of halogens is 4. The Morgan fingerprint density at radius 3 is 2.80 bits per heavy atom. The first-order valence-electron chi connectivity index (χ1n) is 5.88. The topological polar surface area (TPSA) is 42.2 Å². The maximum absolute atomic E-state index is 13.4. The zero-order valence-electron chi connectivity index (χ0n) is 10.1. The summed E-state index contributed by atoms with van der Waals surface area (Å²) >= 11 is 3.32. The molecule has 2 heterocycles. The van der Waals surface area contributed by atoms with Gasteiger partial charge in [-0.15, -0.1) is 5.10 Å². The standard InChI is InChI=1S/C12H9BrF3N3O/c13-9-4-7(14)3-6-5-19(2-1-8(6)9)12-18-17-11(20-12)10(15)16/h3-4,10H,1-2,5H2. The van der Waals surface area contributed by atoms with Crippen molar-refractivity contribution in [1.82, 2.24) is 10.2 Å². The van der Waals surface area contributed by atoms with E-state index in [2.05, 4.69) is 26.1 Å².